The molecule has 0 radical (unpaired) electrons. The normalized spacial score (nSPS) is 17.0. The molecule has 0 fully saturated rings. The first-order chi connectivity index (χ1) is 21.3. The third kappa shape index (κ3) is 3.67. The lowest BCUT2D eigenvalue weighted by Crippen LogP contribution is -2.27. The Kier molecular flexibility index (Phi) is 5.99. The summed E-state index contributed by atoms with van der Waals surface area (Å²) in [6.45, 7) is 15.2. The molecule has 5 aromatic carbocycles. The summed E-state index contributed by atoms with van der Waals surface area (Å²) in [6, 6.07) is 37.1. The summed E-state index contributed by atoms with van der Waals surface area (Å²) in [5.41, 5.74) is 18.9. The van der Waals surface area contributed by atoms with Gasteiger partial charge in [0.25, 0.3) is 0 Å². The van der Waals surface area contributed by atoms with E-state index in [9.17, 15) is 0 Å². The average Bonchev–Trinajstić information content (AvgIpc) is 3.45. The van der Waals surface area contributed by atoms with E-state index in [4.69, 9.17) is 0 Å². The van der Waals surface area contributed by atoms with Crippen LogP contribution in [0.1, 0.15) is 52.8 Å². The zero-order chi connectivity index (χ0) is 30.3. The van der Waals surface area contributed by atoms with Crippen LogP contribution in [0.25, 0.3) is 22.3 Å². The van der Waals surface area contributed by atoms with Crippen molar-refractivity contribution in [1.82, 2.24) is 0 Å². The topological polar surface area (TPSA) is 3.24 Å². The molecule has 1 nitrogen and oxygen atoms in total. The average molecular weight is 586 g/mol. The second-order valence-corrected chi connectivity index (χ2v) is 13.6. The number of fused-ring (bicyclic) bond motifs is 11. The lowest BCUT2D eigenvalue weighted by Gasteiger charge is -2.36. The van der Waals surface area contributed by atoms with Gasteiger partial charge in [-0.15, -0.1) is 0 Å². The second-order valence-electron chi connectivity index (χ2n) is 12.6. The van der Waals surface area contributed by atoms with Crippen LogP contribution in [0.2, 0.25) is 0 Å². The van der Waals surface area contributed by atoms with E-state index in [1.165, 1.54) is 88.1 Å². The Hall–Kier alpha value is -4.53. The number of para-hydroxylation sites is 1. The van der Waals surface area contributed by atoms with Crippen molar-refractivity contribution in [3.05, 3.63) is 171 Å². The van der Waals surface area contributed by atoms with Crippen LogP contribution in [0, 0.1) is 20.8 Å². The van der Waals surface area contributed by atoms with Gasteiger partial charge in [0, 0.05) is 15.5 Å². The molecule has 0 aromatic heterocycles. The number of hydrogen-bond donors (Lipinski definition) is 0. The molecule has 44 heavy (non-hydrogen) atoms. The highest BCUT2D eigenvalue weighted by molar-refractivity contribution is 8.03. The van der Waals surface area contributed by atoms with Crippen molar-refractivity contribution in [3.8, 4) is 22.3 Å². The summed E-state index contributed by atoms with van der Waals surface area (Å²) in [5, 5.41) is 0. The summed E-state index contributed by atoms with van der Waals surface area (Å²) in [5.74, 6) is 0. The highest BCUT2D eigenvalue weighted by atomic mass is 32.2. The number of allylic oxidation sites excluding steroid dienone is 3. The van der Waals surface area contributed by atoms with Gasteiger partial charge in [0.1, 0.15) is 0 Å². The molecular weight excluding hydrogens is 551 g/mol. The van der Waals surface area contributed by atoms with Gasteiger partial charge in [-0.25, -0.2) is 0 Å². The van der Waals surface area contributed by atoms with Crippen molar-refractivity contribution in [3.63, 3.8) is 0 Å². The molecule has 0 N–H and O–H groups in total. The molecular formula is C42H35NS. The van der Waals surface area contributed by atoms with Gasteiger partial charge in [-0.3, -0.25) is 0 Å². The molecule has 214 valence electrons. The first-order valence-electron chi connectivity index (χ1n) is 15.4. The molecule has 0 saturated heterocycles. The summed E-state index contributed by atoms with van der Waals surface area (Å²) in [7, 11) is 0. The number of benzene rings is 5. The van der Waals surface area contributed by atoms with Gasteiger partial charge < -0.3 is 4.90 Å². The summed E-state index contributed by atoms with van der Waals surface area (Å²) in [6.07, 6.45) is 4.46. The van der Waals surface area contributed by atoms with Crippen molar-refractivity contribution >= 4 is 23.1 Å². The zero-order valence-corrected chi connectivity index (χ0v) is 26.8. The van der Waals surface area contributed by atoms with Crippen LogP contribution in [0.3, 0.4) is 0 Å². The molecule has 0 amide bonds. The lowest BCUT2D eigenvalue weighted by atomic mass is 9.70. The van der Waals surface area contributed by atoms with Gasteiger partial charge in [-0.05, 0) is 109 Å². The van der Waals surface area contributed by atoms with E-state index in [1.54, 1.807) is 0 Å². The Labute approximate surface area is 265 Å². The Morgan fingerprint density at radius 1 is 0.682 bits per heavy atom. The Balaban J connectivity index is 1.48. The smallest absolute Gasteiger partial charge is 0.0726 e. The molecule has 0 atom stereocenters. The van der Waals surface area contributed by atoms with Gasteiger partial charge >= 0.3 is 0 Å². The molecule has 0 bridgehead atoms. The molecule has 5 aromatic rings. The molecule has 2 heteroatoms. The van der Waals surface area contributed by atoms with Crippen molar-refractivity contribution in [2.75, 3.05) is 4.90 Å². The van der Waals surface area contributed by atoms with Crippen molar-refractivity contribution in [2.24, 2.45) is 0 Å². The molecule has 3 aliphatic rings. The lowest BCUT2D eigenvalue weighted by molar-refractivity contribution is 0.790. The minimum atomic E-state index is -0.388. The minimum Gasteiger partial charge on any atom is -0.308 e. The number of anilines is 2. The predicted molar refractivity (Wildman–Crippen MR) is 188 cm³/mol. The van der Waals surface area contributed by atoms with Crippen molar-refractivity contribution in [1.29, 1.82) is 0 Å². The van der Waals surface area contributed by atoms with Crippen LogP contribution < -0.4 is 4.90 Å². The van der Waals surface area contributed by atoms with Gasteiger partial charge in [0.15, 0.2) is 0 Å². The fraction of sp³-hybridized carbons (Fsp3) is 0.143. The third-order valence-corrected chi connectivity index (χ3v) is 10.7. The fourth-order valence-electron chi connectivity index (χ4n) is 7.69. The van der Waals surface area contributed by atoms with Crippen LogP contribution in [0.15, 0.2) is 137 Å². The molecule has 1 heterocycles. The summed E-state index contributed by atoms with van der Waals surface area (Å²) >= 11 is 1.84. The van der Waals surface area contributed by atoms with Gasteiger partial charge in [0.05, 0.1) is 16.8 Å². The number of aryl methyl sites for hydroxylation is 3. The number of thioether (sulfide) groups is 1. The van der Waals surface area contributed by atoms with E-state index in [2.05, 4.69) is 155 Å². The van der Waals surface area contributed by atoms with E-state index in [-0.39, 0.29) is 5.41 Å². The zero-order valence-electron chi connectivity index (χ0n) is 26.0. The molecule has 8 rings (SSSR count). The van der Waals surface area contributed by atoms with Crippen molar-refractivity contribution < 1.29 is 0 Å². The molecule has 1 aliphatic heterocycles. The molecule has 0 saturated carbocycles. The maximum absolute atomic E-state index is 4.28. The van der Waals surface area contributed by atoms with E-state index in [0.29, 0.717) is 0 Å². The SMILES string of the molecule is C=C(C)C=C1C(=CC)Sc2ccccc2N1c1ccc2c(c1)C1(c3cc(C)ccc3-c3ccc(C)cc31)c1cc(C)ccc1-2. The summed E-state index contributed by atoms with van der Waals surface area (Å²) < 4.78 is 0. The largest absolute Gasteiger partial charge is 0.308 e. The van der Waals surface area contributed by atoms with E-state index in [0.717, 1.165) is 5.57 Å². The standard InChI is InChI=1S/C42H35NS/c1-7-40-39(20-25(2)3)43(38-10-8-9-11-41(38)44-40)29-15-19-33-32-18-14-28(6)23-36(32)42(37(33)24-29)34-21-26(4)12-16-30(34)31-17-13-27(5)22-35(31)42/h7-24H,2H2,1,3-6H3. The van der Waals surface area contributed by atoms with Crippen LogP contribution in [0.5, 0.6) is 0 Å². The van der Waals surface area contributed by atoms with Crippen LogP contribution in [0.4, 0.5) is 11.4 Å². The Morgan fingerprint density at radius 2 is 1.18 bits per heavy atom. The molecule has 2 aliphatic carbocycles. The maximum atomic E-state index is 4.28. The van der Waals surface area contributed by atoms with Crippen LogP contribution >= 0.6 is 11.8 Å². The maximum Gasteiger partial charge on any atom is 0.0726 e. The monoisotopic (exact) mass is 585 g/mol. The highest BCUT2D eigenvalue weighted by Crippen LogP contribution is 2.64. The van der Waals surface area contributed by atoms with Crippen LogP contribution in [-0.2, 0) is 5.41 Å². The van der Waals surface area contributed by atoms with E-state index < -0.39 is 0 Å². The third-order valence-electron chi connectivity index (χ3n) is 9.45. The number of nitrogens with zero attached hydrogens (tertiary/aromatic N) is 1. The first kappa shape index (κ1) is 27.0. The van der Waals surface area contributed by atoms with Crippen LogP contribution in [-0.4, -0.2) is 0 Å². The fourth-order valence-corrected chi connectivity index (χ4v) is 8.71. The van der Waals surface area contributed by atoms with E-state index in [1.807, 2.05) is 11.8 Å². The summed E-state index contributed by atoms with van der Waals surface area (Å²) in [4.78, 5) is 4.95. The Morgan fingerprint density at radius 3 is 1.70 bits per heavy atom. The predicted octanol–water partition coefficient (Wildman–Crippen LogP) is 11.6. The molecule has 0 unspecified atom stereocenters. The minimum absolute atomic E-state index is 0.388. The quantitative estimate of drug-likeness (QED) is 0.199. The van der Waals surface area contributed by atoms with E-state index >= 15 is 0 Å². The van der Waals surface area contributed by atoms with Crippen molar-refractivity contribution in [2.45, 2.75) is 44.9 Å². The Bertz CT molecular complexity index is 2050. The highest BCUT2D eigenvalue weighted by Gasteiger charge is 2.52. The van der Waals surface area contributed by atoms with Gasteiger partial charge in [-0.2, -0.15) is 0 Å². The second kappa shape index (κ2) is 9.74. The number of hydrogen-bond acceptors (Lipinski definition) is 2. The number of rotatable bonds is 2. The molecule has 1 spiro atoms. The first-order valence-corrected chi connectivity index (χ1v) is 16.2. The van der Waals surface area contributed by atoms with Gasteiger partial charge in [-0.1, -0.05) is 119 Å². The van der Waals surface area contributed by atoms with Gasteiger partial charge in [0.2, 0.25) is 0 Å².